The predicted molar refractivity (Wildman–Crippen MR) is 163 cm³/mol. The molecule has 0 bridgehead atoms. The number of benzene rings is 2. The maximum atomic E-state index is 13.5. The minimum Gasteiger partial charge on any atom is -0.504 e. The molecule has 4 rings (SSSR count). The molecule has 0 amide bonds. The quantitative estimate of drug-likeness (QED) is 0.0662. The number of aliphatic hydroxyl groups is 5. The van der Waals surface area contributed by atoms with Gasteiger partial charge in [0.2, 0.25) is 6.29 Å². The summed E-state index contributed by atoms with van der Waals surface area (Å²) < 4.78 is 33.4. The molecule has 0 aliphatic carbocycles. The van der Waals surface area contributed by atoms with E-state index < -0.39 is 79.7 Å². The first kappa shape index (κ1) is 36.8. The number of rotatable bonds is 13. The Kier molecular flexibility index (Phi) is 12.9. The van der Waals surface area contributed by atoms with Gasteiger partial charge in [-0.1, -0.05) is 24.3 Å². The fraction of sp³-hybridized carbons (Fsp3) is 0.455. The van der Waals surface area contributed by atoms with Gasteiger partial charge < -0.3 is 64.2 Å². The highest BCUT2D eigenvalue weighted by molar-refractivity contribution is 5.91. The SMILES string of the molecule is C/C=C1/[C@H](O[C@@H]2O[C@H](CO)[C@@H](O)[C@H](O)[C@H]2O)OC=C(C(=O)OCC(OC)c2ccc(O)c(O)c2)[C@H]1CC(=O)Oc1ccc(CCO)cc1. The number of allylic oxidation sites excluding steroid dienone is 1. The van der Waals surface area contributed by atoms with E-state index in [4.69, 9.17) is 33.5 Å². The number of hydrogen-bond acceptors (Lipinski definition) is 15. The average Bonchev–Trinajstić information content (AvgIpc) is 3.07. The molecule has 0 saturated carbocycles. The van der Waals surface area contributed by atoms with Gasteiger partial charge in [0.05, 0.1) is 24.9 Å². The van der Waals surface area contributed by atoms with E-state index in [0.717, 1.165) is 11.8 Å². The van der Waals surface area contributed by atoms with Gasteiger partial charge in [0.25, 0.3) is 0 Å². The van der Waals surface area contributed by atoms with Crippen molar-refractivity contribution in [1.82, 2.24) is 0 Å². The smallest absolute Gasteiger partial charge is 0.337 e. The number of aliphatic hydroxyl groups excluding tert-OH is 5. The van der Waals surface area contributed by atoms with Crippen LogP contribution in [0.4, 0.5) is 0 Å². The Morgan fingerprint density at radius 3 is 2.33 bits per heavy atom. The molecule has 2 aromatic rings. The molecule has 0 radical (unpaired) electrons. The number of methoxy groups -OCH3 is 1. The molecule has 15 heteroatoms. The summed E-state index contributed by atoms with van der Waals surface area (Å²) in [7, 11) is 1.36. The molecule has 262 valence electrons. The second kappa shape index (κ2) is 16.9. The highest BCUT2D eigenvalue weighted by atomic mass is 16.8. The van der Waals surface area contributed by atoms with Gasteiger partial charge >= 0.3 is 11.9 Å². The fourth-order valence-electron chi connectivity index (χ4n) is 5.28. The zero-order chi connectivity index (χ0) is 35.0. The molecule has 2 heterocycles. The Hall–Kier alpha value is -4.06. The number of hydrogen-bond donors (Lipinski definition) is 7. The van der Waals surface area contributed by atoms with Crippen LogP contribution in [0.25, 0.3) is 0 Å². The Balaban J connectivity index is 1.56. The highest BCUT2D eigenvalue weighted by Crippen LogP contribution is 2.37. The summed E-state index contributed by atoms with van der Waals surface area (Å²) in [6.45, 7) is 0.525. The third-order valence-electron chi connectivity index (χ3n) is 7.99. The average molecular weight is 677 g/mol. The Morgan fingerprint density at radius 1 is 0.979 bits per heavy atom. The minimum absolute atomic E-state index is 0.0465. The van der Waals surface area contributed by atoms with Crippen molar-refractivity contribution in [2.24, 2.45) is 5.92 Å². The minimum atomic E-state index is -1.75. The van der Waals surface area contributed by atoms with Gasteiger partial charge in [-0.2, -0.15) is 0 Å². The van der Waals surface area contributed by atoms with Crippen LogP contribution >= 0.6 is 0 Å². The van der Waals surface area contributed by atoms with Crippen LogP contribution in [0.15, 0.2) is 65.9 Å². The van der Waals surface area contributed by atoms with Crippen molar-refractivity contribution in [1.29, 1.82) is 0 Å². The fourth-order valence-corrected chi connectivity index (χ4v) is 5.28. The summed E-state index contributed by atoms with van der Waals surface area (Å²) in [5.41, 5.74) is 1.36. The number of carbonyl (C=O) groups is 2. The lowest BCUT2D eigenvalue weighted by Gasteiger charge is -2.42. The second-order valence-electron chi connectivity index (χ2n) is 11.1. The number of ether oxygens (including phenoxy) is 6. The standard InChI is InChI=1S/C33H40O15/c1-3-20-21(13-27(38)46-19-7-4-17(5-8-19)10-11-34)22(31(42)44-16-26(43-2)18-6-9-23(36)24(37)12-18)15-45-32(20)48-33-30(41)29(40)28(39)25(14-35)47-33/h3-9,12,15,21,25-26,28-30,32-37,39-41H,10-11,13-14,16H2,1-2H3/b20-3+/t21-,25+,26?,28+,29-,30+,32-,33-/m0/s1. The zero-order valence-electron chi connectivity index (χ0n) is 26.2. The predicted octanol–water partition coefficient (Wildman–Crippen LogP) is 0.478. The van der Waals surface area contributed by atoms with Crippen LogP contribution in [0.3, 0.4) is 0 Å². The van der Waals surface area contributed by atoms with Gasteiger partial charge in [-0.15, -0.1) is 0 Å². The molecular formula is C33H40O15. The molecule has 8 atom stereocenters. The maximum absolute atomic E-state index is 13.5. The summed E-state index contributed by atoms with van der Waals surface area (Å²) in [5.74, 6) is -3.20. The Labute approximate surface area is 275 Å². The zero-order valence-corrected chi connectivity index (χ0v) is 26.2. The van der Waals surface area contributed by atoms with E-state index in [-0.39, 0.29) is 35.9 Å². The van der Waals surface area contributed by atoms with Gasteiger partial charge in [-0.25, -0.2) is 4.79 Å². The summed E-state index contributed by atoms with van der Waals surface area (Å²) in [5, 5.41) is 69.1. The van der Waals surface area contributed by atoms with E-state index in [0.29, 0.717) is 12.0 Å². The van der Waals surface area contributed by atoms with Crippen molar-refractivity contribution < 1.29 is 73.8 Å². The molecular weight excluding hydrogens is 636 g/mol. The summed E-state index contributed by atoms with van der Waals surface area (Å²) >= 11 is 0. The molecule has 1 fully saturated rings. The van der Waals surface area contributed by atoms with Crippen LogP contribution in [0.1, 0.15) is 30.6 Å². The van der Waals surface area contributed by atoms with Crippen molar-refractivity contribution in [3.63, 3.8) is 0 Å². The van der Waals surface area contributed by atoms with Crippen molar-refractivity contribution >= 4 is 11.9 Å². The van der Waals surface area contributed by atoms with Gasteiger partial charge in [-0.05, 0) is 48.7 Å². The first-order valence-electron chi connectivity index (χ1n) is 15.1. The first-order valence-corrected chi connectivity index (χ1v) is 15.1. The molecule has 1 saturated heterocycles. The maximum Gasteiger partial charge on any atom is 0.337 e. The van der Waals surface area contributed by atoms with Crippen LogP contribution in [0, 0.1) is 5.92 Å². The van der Waals surface area contributed by atoms with E-state index in [2.05, 4.69) is 0 Å². The number of aromatic hydroxyl groups is 2. The number of esters is 2. The molecule has 2 aromatic carbocycles. The number of carbonyl (C=O) groups excluding carboxylic acids is 2. The molecule has 15 nitrogen and oxygen atoms in total. The lowest BCUT2D eigenvalue weighted by molar-refractivity contribution is -0.327. The molecule has 0 aromatic heterocycles. The van der Waals surface area contributed by atoms with Gasteiger partial charge in [0.15, 0.2) is 17.8 Å². The van der Waals surface area contributed by atoms with Crippen molar-refractivity contribution in [2.45, 2.75) is 62.9 Å². The van der Waals surface area contributed by atoms with E-state index in [9.17, 15) is 40.2 Å². The molecule has 7 N–H and O–H groups in total. The van der Waals surface area contributed by atoms with Crippen LogP contribution in [0.5, 0.6) is 17.2 Å². The highest BCUT2D eigenvalue weighted by Gasteiger charge is 2.47. The molecule has 48 heavy (non-hydrogen) atoms. The summed E-state index contributed by atoms with van der Waals surface area (Å²) in [4.78, 5) is 26.7. The monoisotopic (exact) mass is 676 g/mol. The normalized spacial score (nSPS) is 27.1. The molecule has 2 aliphatic rings. The Morgan fingerprint density at radius 2 is 1.71 bits per heavy atom. The van der Waals surface area contributed by atoms with Crippen molar-refractivity contribution in [3.8, 4) is 17.2 Å². The van der Waals surface area contributed by atoms with Gasteiger partial charge in [0.1, 0.15) is 42.9 Å². The molecule has 1 unspecified atom stereocenters. The van der Waals surface area contributed by atoms with E-state index in [1.165, 1.54) is 31.4 Å². The van der Waals surface area contributed by atoms with Crippen LogP contribution in [-0.4, -0.2) is 112 Å². The number of phenolic OH excluding ortho intramolecular Hbond substituents is 2. The van der Waals surface area contributed by atoms with E-state index >= 15 is 0 Å². The number of phenols is 2. The van der Waals surface area contributed by atoms with Crippen LogP contribution in [0.2, 0.25) is 0 Å². The van der Waals surface area contributed by atoms with E-state index in [1.54, 1.807) is 31.2 Å². The molecule has 0 spiro atoms. The van der Waals surface area contributed by atoms with Gasteiger partial charge in [0, 0.05) is 25.2 Å². The lowest BCUT2D eigenvalue weighted by atomic mass is 9.86. The third-order valence-corrected chi connectivity index (χ3v) is 7.99. The second-order valence-corrected chi connectivity index (χ2v) is 11.1. The van der Waals surface area contributed by atoms with Crippen LogP contribution in [-0.2, 0) is 39.7 Å². The first-order chi connectivity index (χ1) is 23.0. The largest absolute Gasteiger partial charge is 0.504 e. The van der Waals surface area contributed by atoms with Gasteiger partial charge in [-0.3, -0.25) is 4.79 Å². The van der Waals surface area contributed by atoms with Crippen LogP contribution < -0.4 is 4.74 Å². The lowest BCUT2D eigenvalue weighted by Crippen LogP contribution is -2.60. The third kappa shape index (κ3) is 8.69. The van der Waals surface area contributed by atoms with E-state index in [1.807, 2.05) is 0 Å². The van der Waals surface area contributed by atoms with Crippen molar-refractivity contribution in [2.75, 3.05) is 26.9 Å². The molecule has 2 aliphatic heterocycles. The topological polar surface area (TPSA) is 231 Å². The summed E-state index contributed by atoms with van der Waals surface area (Å²) in [6, 6.07) is 10.5. The summed E-state index contributed by atoms with van der Waals surface area (Å²) in [6.07, 6.45) is -7.58. The van der Waals surface area contributed by atoms with Crippen molar-refractivity contribution in [3.05, 3.63) is 77.1 Å². The Bertz CT molecular complexity index is 1450.